The molecule has 0 aliphatic heterocycles. The van der Waals surface area contributed by atoms with E-state index in [2.05, 4.69) is 35.4 Å². The lowest BCUT2D eigenvalue weighted by Crippen LogP contribution is -2.16. The van der Waals surface area contributed by atoms with E-state index in [9.17, 15) is 4.79 Å². The van der Waals surface area contributed by atoms with Gasteiger partial charge in [0.25, 0.3) is 5.91 Å². The number of carbonyl (C=O) groups excluding carboxylic acids is 1. The molecule has 0 fully saturated rings. The standard InChI is InChI=1S/C15H18N4O/c1-10-3-2-4-11(9-10)7-8-18-15-12(16)5-6-13(19-15)14(17)20/h2-6,9H,7-8,16H2,1H3,(H2,17,20)(H,18,19). The molecule has 1 heterocycles. The minimum atomic E-state index is -0.563. The number of rotatable bonds is 5. The first-order valence-corrected chi connectivity index (χ1v) is 6.42. The summed E-state index contributed by atoms with van der Waals surface area (Å²) in [7, 11) is 0. The van der Waals surface area contributed by atoms with E-state index in [4.69, 9.17) is 11.5 Å². The molecule has 1 aromatic heterocycles. The Morgan fingerprint density at radius 2 is 2.10 bits per heavy atom. The normalized spacial score (nSPS) is 10.2. The highest BCUT2D eigenvalue weighted by atomic mass is 16.1. The van der Waals surface area contributed by atoms with Crippen LogP contribution in [0.2, 0.25) is 0 Å². The molecule has 1 aromatic carbocycles. The van der Waals surface area contributed by atoms with Gasteiger partial charge >= 0.3 is 0 Å². The molecule has 5 nitrogen and oxygen atoms in total. The molecule has 20 heavy (non-hydrogen) atoms. The highest BCUT2D eigenvalue weighted by Gasteiger charge is 2.06. The van der Waals surface area contributed by atoms with E-state index >= 15 is 0 Å². The van der Waals surface area contributed by atoms with Crippen molar-refractivity contribution in [2.75, 3.05) is 17.6 Å². The van der Waals surface area contributed by atoms with Crippen LogP contribution in [0.4, 0.5) is 11.5 Å². The van der Waals surface area contributed by atoms with Crippen LogP contribution in [0.3, 0.4) is 0 Å². The summed E-state index contributed by atoms with van der Waals surface area (Å²) in [6.07, 6.45) is 0.851. The summed E-state index contributed by atoms with van der Waals surface area (Å²) in [5.41, 5.74) is 14.2. The molecule has 1 amide bonds. The molecule has 0 spiro atoms. The van der Waals surface area contributed by atoms with Crippen molar-refractivity contribution in [3.63, 3.8) is 0 Å². The summed E-state index contributed by atoms with van der Waals surface area (Å²) in [6, 6.07) is 11.5. The molecular weight excluding hydrogens is 252 g/mol. The molecule has 0 atom stereocenters. The average Bonchev–Trinajstić information content (AvgIpc) is 2.40. The molecular formula is C15H18N4O. The Kier molecular flexibility index (Phi) is 4.20. The zero-order chi connectivity index (χ0) is 14.5. The van der Waals surface area contributed by atoms with E-state index < -0.39 is 5.91 Å². The van der Waals surface area contributed by atoms with Gasteiger partial charge in [-0.05, 0) is 31.0 Å². The predicted molar refractivity (Wildman–Crippen MR) is 80.5 cm³/mol. The van der Waals surface area contributed by atoms with Crippen LogP contribution in [-0.4, -0.2) is 17.4 Å². The third-order valence-electron chi connectivity index (χ3n) is 2.97. The number of anilines is 2. The zero-order valence-corrected chi connectivity index (χ0v) is 11.4. The molecule has 0 bridgehead atoms. The molecule has 2 rings (SSSR count). The molecule has 0 saturated carbocycles. The van der Waals surface area contributed by atoms with Gasteiger partial charge in [0.2, 0.25) is 0 Å². The number of pyridine rings is 1. The molecule has 0 unspecified atom stereocenters. The van der Waals surface area contributed by atoms with E-state index in [0.29, 0.717) is 18.1 Å². The van der Waals surface area contributed by atoms with Gasteiger partial charge in [-0.1, -0.05) is 29.8 Å². The van der Waals surface area contributed by atoms with Gasteiger partial charge in [0.1, 0.15) is 11.5 Å². The van der Waals surface area contributed by atoms with E-state index in [-0.39, 0.29) is 5.69 Å². The van der Waals surface area contributed by atoms with E-state index in [1.54, 1.807) is 6.07 Å². The molecule has 0 saturated heterocycles. The highest BCUT2D eigenvalue weighted by Crippen LogP contribution is 2.15. The van der Waals surface area contributed by atoms with E-state index in [0.717, 1.165) is 6.42 Å². The highest BCUT2D eigenvalue weighted by molar-refractivity contribution is 5.91. The topological polar surface area (TPSA) is 94.0 Å². The Balaban J connectivity index is 2.00. The van der Waals surface area contributed by atoms with Crippen LogP contribution in [0.1, 0.15) is 21.6 Å². The smallest absolute Gasteiger partial charge is 0.267 e. The first-order valence-electron chi connectivity index (χ1n) is 6.42. The summed E-state index contributed by atoms with van der Waals surface area (Å²) in [5, 5.41) is 3.13. The van der Waals surface area contributed by atoms with Crippen LogP contribution in [0.5, 0.6) is 0 Å². The Bertz CT molecular complexity index is 625. The fourth-order valence-electron chi connectivity index (χ4n) is 1.94. The first kappa shape index (κ1) is 13.9. The van der Waals surface area contributed by atoms with Crippen LogP contribution >= 0.6 is 0 Å². The second-order valence-electron chi connectivity index (χ2n) is 4.66. The Morgan fingerprint density at radius 1 is 1.30 bits per heavy atom. The SMILES string of the molecule is Cc1cccc(CCNc2nc(C(N)=O)ccc2N)c1. The second-order valence-corrected chi connectivity index (χ2v) is 4.66. The van der Waals surface area contributed by atoms with Crippen molar-refractivity contribution in [2.45, 2.75) is 13.3 Å². The summed E-state index contributed by atoms with van der Waals surface area (Å²) in [4.78, 5) is 15.2. The van der Waals surface area contributed by atoms with Crippen LogP contribution < -0.4 is 16.8 Å². The molecule has 104 valence electrons. The quantitative estimate of drug-likeness (QED) is 0.771. The minimum absolute atomic E-state index is 0.206. The monoisotopic (exact) mass is 270 g/mol. The minimum Gasteiger partial charge on any atom is -0.396 e. The number of nitrogens with zero attached hydrogens (tertiary/aromatic N) is 1. The van der Waals surface area contributed by atoms with Crippen molar-refractivity contribution in [1.82, 2.24) is 4.98 Å². The number of amides is 1. The number of benzene rings is 1. The van der Waals surface area contributed by atoms with Gasteiger partial charge in [0.15, 0.2) is 0 Å². The fraction of sp³-hybridized carbons (Fsp3) is 0.200. The number of hydrogen-bond donors (Lipinski definition) is 3. The predicted octanol–water partition coefficient (Wildman–Crippen LogP) is 1.73. The lowest BCUT2D eigenvalue weighted by molar-refractivity contribution is 0.0996. The number of nitrogens with two attached hydrogens (primary N) is 2. The molecule has 5 N–H and O–H groups in total. The van der Waals surface area contributed by atoms with Crippen molar-refractivity contribution >= 4 is 17.4 Å². The summed E-state index contributed by atoms with van der Waals surface area (Å²) < 4.78 is 0. The second kappa shape index (κ2) is 6.06. The van der Waals surface area contributed by atoms with Gasteiger partial charge in [-0.3, -0.25) is 4.79 Å². The molecule has 0 aliphatic rings. The van der Waals surface area contributed by atoms with Crippen LogP contribution in [0.25, 0.3) is 0 Å². The molecule has 2 aromatic rings. The van der Waals surface area contributed by atoms with Crippen molar-refractivity contribution in [2.24, 2.45) is 5.73 Å². The van der Waals surface area contributed by atoms with Crippen molar-refractivity contribution in [3.8, 4) is 0 Å². The Labute approximate surface area is 118 Å². The lowest BCUT2D eigenvalue weighted by atomic mass is 10.1. The number of nitrogens with one attached hydrogen (secondary N) is 1. The number of carbonyl (C=O) groups is 1. The maximum Gasteiger partial charge on any atom is 0.267 e. The summed E-state index contributed by atoms with van der Waals surface area (Å²) in [5.74, 6) is -0.0688. The average molecular weight is 270 g/mol. The Morgan fingerprint density at radius 3 is 2.80 bits per heavy atom. The van der Waals surface area contributed by atoms with E-state index in [1.165, 1.54) is 17.2 Å². The number of aromatic nitrogens is 1. The van der Waals surface area contributed by atoms with Crippen LogP contribution in [0, 0.1) is 6.92 Å². The van der Waals surface area contributed by atoms with Crippen LogP contribution in [0.15, 0.2) is 36.4 Å². The van der Waals surface area contributed by atoms with Gasteiger partial charge in [-0.15, -0.1) is 0 Å². The third-order valence-corrected chi connectivity index (χ3v) is 2.97. The number of nitrogen functional groups attached to an aromatic ring is 1. The molecule has 0 radical (unpaired) electrons. The van der Waals surface area contributed by atoms with Gasteiger partial charge in [-0.2, -0.15) is 0 Å². The molecule has 0 aliphatic carbocycles. The first-order chi connectivity index (χ1) is 9.56. The van der Waals surface area contributed by atoms with Crippen molar-refractivity contribution < 1.29 is 4.79 Å². The van der Waals surface area contributed by atoms with Gasteiger partial charge in [0.05, 0.1) is 5.69 Å². The molecule has 5 heteroatoms. The summed E-state index contributed by atoms with van der Waals surface area (Å²) in [6.45, 7) is 2.75. The van der Waals surface area contributed by atoms with Gasteiger partial charge < -0.3 is 16.8 Å². The fourth-order valence-corrected chi connectivity index (χ4v) is 1.94. The van der Waals surface area contributed by atoms with Gasteiger partial charge in [0, 0.05) is 6.54 Å². The zero-order valence-electron chi connectivity index (χ0n) is 11.4. The lowest BCUT2D eigenvalue weighted by Gasteiger charge is -2.09. The largest absolute Gasteiger partial charge is 0.396 e. The maximum absolute atomic E-state index is 11.1. The Hall–Kier alpha value is -2.56. The number of primary amides is 1. The van der Waals surface area contributed by atoms with Gasteiger partial charge in [-0.25, -0.2) is 4.98 Å². The van der Waals surface area contributed by atoms with Crippen LogP contribution in [-0.2, 0) is 6.42 Å². The number of hydrogen-bond acceptors (Lipinski definition) is 4. The third kappa shape index (κ3) is 3.47. The maximum atomic E-state index is 11.1. The van der Waals surface area contributed by atoms with Crippen molar-refractivity contribution in [3.05, 3.63) is 53.2 Å². The van der Waals surface area contributed by atoms with E-state index in [1.807, 2.05) is 6.07 Å². The van der Waals surface area contributed by atoms with Crippen molar-refractivity contribution in [1.29, 1.82) is 0 Å². The summed E-state index contributed by atoms with van der Waals surface area (Å²) >= 11 is 0. The number of aryl methyl sites for hydroxylation is 1.